The molecule has 116 valence electrons. The van der Waals surface area contributed by atoms with Crippen LogP contribution >= 0.6 is 0 Å². The Morgan fingerprint density at radius 2 is 1.86 bits per heavy atom. The second-order valence-electron chi connectivity index (χ2n) is 6.87. The van der Waals surface area contributed by atoms with Gasteiger partial charge in [-0.3, -0.25) is 0 Å². The van der Waals surface area contributed by atoms with Crippen molar-refractivity contribution >= 4 is 5.96 Å². The minimum atomic E-state index is 0.100. The topological polar surface area (TPSA) is 47.9 Å². The number of aliphatic imine (C=N–C) groups is 1. The molecule has 1 fully saturated rings. The molecule has 0 aromatic heterocycles. The second kappa shape index (κ2) is 5.58. The van der Waals surface area contributed by atoms with Crippen LogP contribution in [0.2, 0.25) is 0 Å². The number of hydrogen-bond donors (Lipinski definition) is 2. The number of phenolic OH excluding ortho intramolecular Hbond substituents is 1. The molecule has 0 atom stereocenters. The van der Waals surface area contributed by atoms with Gasteiger partial charge in [0.25, 0.3) is 0 Å². The van der Waals surface area contributed by atoms with Crippen molar-refractivity contribution in [3.8, 4) is 5.75 Å². The number of guanidine groups is 1. The molecular formula is C17H27N3O. The third kappa shape index (κ3) is 2.99. The molecule has 0 saturated carbocycles. The fraction of sp³-hybridized carbons (Fsp3) is 0.588. The van der Waals surface area contributed by atoms with Crippen molar-refractivity contribution in [1.29, 1.82) is 0 Å². The SMILES string of the molecule is CCNC(=NCc1ccc(O)cc1)N1CC(C)(C)C1(C)C. The average Bonchev–Trinajstić information content (AvgIpc) is 2.43. The number of nitrogens with one attached hydrogen (secondary N) is 1. The van der Waals surface area contributed by atoms with Gasteiger partial charge in [0.05, 0.1) is 6.54 Å². The van der Waals surface area contributed by atoms with E-state index in [0.29, 0.717) is 17.7 Å². The lowest BCUT2D eigenvalue weighted by Crippen LogP contribution is -2.72. The fourth-order valence-corrected chi connectivity index (χ4v) is 2.56. The number of rotatable bonds is 3. The van der Waals surface area contributed by atoms with Crippen LogP contribution in [0.3, 0.4) is 0 Å². The van der Waals surface area contributed by atoms with Gasteiger partial charge in [-0.25, -0.2) is 4.99 Å². The molecule has 0 spiro atoms. The van der Waals surface area contributed by atoms with Crippen molar-refractivity contribution in [3.63, 3.8) is 0 Å². The molecule has 1 aliphatic rings. The first-order valence-corrected chi connectivity index (χ1v) is 7.62. The van der Waals surface area contributed by atoms with E-state index in [0.717, 1.165) is 24.6 Å². The van der Waals surface area contributed by atoms with Gasteiger partial charge in [-0.05, 0) is 38.5 Å². The van der Waals surface area contributed by atoms with Crippen LogP contribution in [0.4, 0.5) is 0 Å². The molecule has 4 heteroatoms. The Bertz CT molecular complexity index is 517. The number of phenols is 1. The van der Waals surface area contributed by atoms with Crippen LogP contribution in [0.15, 0.2) is 29.3 Å². The first-order chi connectivity index (χ1) is 9.78. The molecule has 4 nitrogen and oxygen atoms in total. The van der Waals surface area contributed by atoms with E-state index >= 15 is 0 Å². The van der Waals surface area contributed by atoms with Crippen LogP contribution in [-0.2, 0) is 6.54 Å². The van der Waals surface area contributed by atoms with Gasteiger partial charge in [-0.15, -0.1) is 0 Å². The molecule has 1 aromatic carbocycles. The average molecular weight is 289 g/mol. The molecule has 2 rings (SSSR count). The maximum absolute atomic E-state index is 9.32. The van der Waals surface area contributed by atoms with E-state index in [2.05, 4.69) is 44.8 Å². The predicted molar refractivity (Wildman–Crippen MR) is 87.5 cm³/mol. The van der Waals surface area contributed by atoms with E-state index in [1.807, 2.05) is 12.1 Å². The quantitative estimate of drug-likeness (QED) is 0.664. The molecule has 1 aliphatic heterocycles. The molecule has 0 aliphatic carbocycles. The second-order valence-corrected chi connectivity index (χ2v) is 6.87. The normalized spacial score (nSPS) is 20.0. The molecule has 2 N–H and O–H groups in total. The van der Waals surface area contributed by atoms with Crippen molar-refractivity contribution in [2.24, 2.45) is 10.4 Å². The Balaban J connectivity index is 2.12. The maximum Gasteiger partial charge on any atom is 0.194 e. The van der Waals surface area contributed by atoms with Crippen LogP contribution < -0.4 is 5.32 Å². The Labute approximate surface area is 127 Å². The summed E-state index contributed by atoms with van der Waals surface area (Å²) in [5, 5.41) is 12.7. The molecule has 1 heterocycles. The highest BCUT2D eigenvalue weighted by molar-refractivity contribution is 5.82. The fourth-order valence-electron chi connectivity index (χ4n) is 2.56. The van der Waals surface area contributed by atoms with Crippen LogP contribution in [0.1, 0.15) is 40.2 Å². The highest BCUT2D eigenvalue weighted by Gasteiger charge is 2.53. The maximum atomic E-state index is 9.32. The summed E-state index contributed by atoms with van der Waals surface area (Å²) in [5.41, 5.74) is 1.49. The lowest BCUT2D eigenvalue weighted by Gasteiger charge is -2.62. The zero-order valence-electron chi connectivity index (χ0n) is 13.8. The lowest BCUT2D eigenvalue weighted by atomic mass is 9.65. The number of hydrogen-bond acceptors (Lipinski definition) is 2. The summed E-state index contributed by atoms with van der Waals surface area (Å²) < 4.78 is 0. The van der Waals surface area contributed by atoms with Crippen LogP contribution in [-0.4, -0.2) is 34.6 Å². The highest BCUT2D eigenvalue weighted by atomic mass is 16.3. The van der Waals surface area contributed by atoms with E-state index < -0.39 is 0 Å². The van der Waals surface area contributed by atoms with Crippen molar-refractivity contribution in [2.75, 3.05) is 13.1 Å². The first-order valence-electron chi connectivity index (χ1n) is 7.62. The van der Waals surface area contributed by atoms with Gasteiger partial charge in [0.15, 0.2) is 5.96 Å². The molecule has 1 saturated heterocycles. The van der Waals surface area contributed by atoms with E-state index in [1.165, 1.54) is 0 Å². The summed E-state index contributed by atoms with van der Waals surface area (Å²) in [4.78, 5) is 7.09. The van der Waals surface area contributed by atoms with Gasteiger partial charge in [-0.2, -0.15) is 0 Å². The summed E-state index contributed by atoms with van der Waals surface area (Å²) in [6, 6.07) is 7.23. The van der Waals surface area contributed by atoms with E-state index in [9.17, 15) is 5.11 Å². The van der Waals surface area contributed by atoms with E-state index in [4.69, 9.17) is 4.99 Å². The zero-order valence-corrected chi connectivity index (χ0v) is 13.8. The number of benzene rings is 1. The molecule has 0 bridgehead atoms. The standard InChI is InChI=1S/C17H27N3O/c1-6-18-15(20-12-16(2,3)17(20,4)5)19-11-13-7-9-14(21)10-8-13/h7-10,21H,6,11-12H2,1-5H3,(H,18,19). The van der Waals surface area contributed by atoms with Gasteiger partial charge in [0.2, 0.25) is 0 Å². The summed E-state index contributed by atoms with van der Waals surface area (Å²) in [7, 11) is 0. The van der Waals surface area contributed by atoms with Gasteiger partial charge in [0.1, 0.15) is 5.75 Å². The monoisotopic (exact) mass is 289 g/mol. The van der Waals surface area contributed by atoms with Gasteiger partial charge in [0, 0.05) is 24.0 Å². The van der Waals surface area contributed by atoms with Gasteiger partial charge < -0.3 is 15.3 Å². The molecule has 21 heavy (non-hydrogen) atoms. The molecule has 0 radical (unpaired) electrons. The Morgan fingerprint density at radius 1 is 1.24 bits per heavy atom. The van der Waals surface area contributed by atoms with Gasteiger partial charge in [-0.1, -0.05) is 26.0 Å². The third-order valence-electron chi connectivity index (χ3n) is 4.82. The number of aromatic hydroxyl groups is 1. The minimum Gasteiger partial charge on any atom is -0.508 e. The summed E-state index contributed by atoms with van der Waals surface area (Å²) in [6.07, 6.45) is 0. The van der Waals surface area contributed by atoms with Crippen LogP contribution in [0.25, 0.3) is 0 Å². The summed E-state index contributed by atoms with van der Waals surface area (Å²) in [5.74, 6) is 1.26. The Hall–Kier alpha value is -1.71. The zero-order chi connectivity index (χ0) is 15.7. The lowest BCUT2D eigenvalue weighted by molar-refractivity contribution is -0.0667. The molecule has 0 amide bonds. The van der Waals surface area contributed by atoms with Crippen molar-refractivity contribution in [3.05, 3.63) is 29.8 Å². The van der Waals surface area contributed by atoms with E-state index in [1.54, 1.807) is 12.1 Å². The van der Waals surface area contributed by atoms with Crippen LogP contribution in [0.5, 0.6) is 5.75 Å². The highest BCUT2D eigenvalue weighted by Crippen LogP contribution is 2.46. The largest absolute Gasteiger partial charge is 0.508 e. The van der Waals surface area contributed by atoms with Gasteiger partial charge >= 0.3 is 0 Å². The van der Waals surface area contributed by atoms with Crippen molar-refractivity contribution in [1.82, 2.24) is 10.2 Å². The minimum absolute atomic E-state index is 0.100. The smallest absolute Gasteiger partial charge is 0.194 e. The summed E-state index contributed by atoms with van der Waals surface area (Å²) in [6.45, 7) is 13.7. The molecule has 0 unspecified atom stereocenters. The molecular weight excluding hydrogens is 262 g/mol. The Kier molecular flexibility index (Phi) is 4.17. The number of nitrogens with zero attached hydrogens (tertiary/aromatic N) is 2. The Morgan fingerprint density at radius 3 is 2.33 bits per heavy atom. The number of likely N-dealkylation sites (tertiary alicyclic amines) is 1. The first kappa shape index (κ1) is 15.7. The van der Waals surface area contributed by atoms with Crippen molar-refractivity contribution < 1.29 is 5.11 Å². The van der Waals surface area contributed by atoms with Crippen LogP contribution in [0, 0.1) is 5.41 Å². The van der Waals surface area contributed by atoms with E-state index in [-0.39, 0.29) is 5.54 Å². The molecule has 1 aromatic rings. The van der Waals surface area contributed by atoms with Crippen molar-refractivity contribution in [2.45, 2.75) is 46.7 Å². The third-order valence-corrected chi connectivity index (χ3v) is 4.82. The predicted octanol–water partition coefficient (Wildman–Crippen LogP) is 2.98. The summed E-state index contributed by atoms with van der Waals surface area (Å²) >= 11 is 0.